The number of nitrogens with zero attached hydrogens (tertiary/aromatic N) is 1. The second-order valence-corrected chi connectivity index (χ2v) is 5.75. The van der Waals surface area contributed by atoms with Gasteiger partial charge in [-0.3, -0.25) is 0 Å². The Morgan fingerprint density at radius 2 is 1.67 bits per heavy atom. The van der Waals surface area contributed by atoms with Crippen LogP contribution in [0.25, 0.3) is 0 Å². The molecule has 0 unspecified atom stereocenters. The van der Waals surface area contributed by atoms with Crippen molar-refractivity contribution in [2.24, 2.45) is 5.92 Å². The SMILES string of the molecule is C1CC(N2CCC(NCC3CC3)CC2)C1. The topological polar surface area (TPSA) is 15.3 Å². The Hall–Kier alpha value is -0.0800. The van der Waals surface area contributed by atoms with Crippen molar-refractivity contribution in [1.29, 1.82) is 0 Å². The summed E-state index contributed by atoms with van der Waals surface area (Å²) in [7, 11) is 0. The summed E-state index contributed by atoms with van der Waals surface area (Å²) in [5, 5.41) is 3.75. The van der Waals surface area contributed by atoms with E-state index in [4.69, 9.17) is 0 Å². The zero-order chi connectivity index (χ0) is 10.1. The molecule has 1 heterocycles. The average Bonchev–Trinajstić information content (AvgIpc) is 2.98. The van der Waals surface area contributed by atoms with Crippen LogP contribution in [0.15, 0.2) is 0 Å². The second-order valence-electron chi connectivity index (χ2n) is 5.75. The van der Waals surface area contributed by atoms with Crippen molar-refractivity contribution < 1.29 is 0 Å². The van der Waals surface area contributed by atoms with Gasteiger partial charge in [0.05, 0.1) is 0 Å². The molecule has 3 fully saturated rings. The minimum Gasteiger partial charge on any atom is -0.314 e. The van der Waals surface area contributed by atoms with Crippen LogP contribution in [0.3, 0.4) is 0 Å². The fourth-order valence-electron chi connectivity index (χ4n) is 2.88. The summed E-state index contributed by atoms with van der Waals surface area (Å²) in [6, 6.07) is 1.80. The van der Waals surface area contributed by atoms with Gasteiger partial charge < -0.3 is 10.2 Å². The number of rotatable bonds is 4. The predicted molar refractivity (Wildman–Crippen MR) is 63.0 cm³/mol. The Morgan fingerprint density at radius 3 is 2.20 bits per heavy atom. The molecule has 2 nitrogen and oxygen atoms in total. The lowest BCUT2D eigenvalue weighted by Gasteiger charge is -2.42. The molecule has 0 bridgehead atoms. The van der Waals surface area contributed by atoms with E-state index in [1.807, 2.05) is 0 Å². The highest BCUT2D eigenvalue weighted by molar-refractivity contribution is 4.86. The van der Waals surface area contributed by atoms with Gasteiger partial charge in [-0.15, -0.1) is 0 Å². The van der Waals surface area contributed by atoms with E-state index in [0.717, 1.165) is 18.0 Å². The largest absolute Gasteiger partial charge is 0.314 e. The van der Waals surface area contributed by atoms with E-state index in [0.29, 0.717) is 0 Å². The van der Waals surface area contributed by atoms with Crippen molar-refractivity contribution >= 4 is 0 Å². The van der Waals surface area contributed by atoms with Crippen molar-refractivity contribution in [3.05, 3.63) is 0 Å². The summed E-state index contributed by atoms with van der Waals surface area (Å²) in [5.41, 5.74) is 0. The molecule has 1 aliphatic heterocycles. The highest BCUT2D eigenvalue weighted by atomic mass is 15.2. The van der Waals surface area contributed by atoms with Crippen LogP contribution < -0.4 is 5.32 Å². The third kappa shape index (κ3) is 2.54. The van der Waals surface area contributed by atoms with Crippen molar-refractivity contribution in [3.63, 3.8) is 0 Å². The Kier molecular flexibility index (Phi) is 2.98. The third-order valence-corrected chi connectivity index (χ3v) is 4.51. The van der Waals surface area contributed by atoms with Crippen molar-refractivity contribution in [3.8, 4) is 0 Å². The Morgan fingerprint density at radius 1 is 0.933 bits per heavy atom. The molecule has 3 aliphatic rings. The van der Waals surface area contributed by atoms with Crippen LogP contribution in [0.2, 0.25) is 0 Å². The molecule has 2 aliphatic carbocycles. The van der Waals surface area contributed by atoms with Crippen LogP contribution in [-0.4, -0.2) is 36.6 Å². The molecular weight excluding hydrogens is 184 g/mol. The fourth-order valence-corrected chi connectivity index (χ4v) is 2.88. The molecule has 86 valence electrons. The van der Waals surface area contributed by atoms with E-state index in [2.05, 4.69) is 10.2 Å². The predicted octanol–water partition coefficient (Wildman–Crippen LogP) is 2.00. The zero-order valence-electron chi connectivity index (χ0n) is 9.75. The van der Waals surface area contributed by atoms with Crippen LogP contribution in [0, 0.1) is 5.92 Å². The second kappa shape index (κ2) is 4.42. The maximum atomic E-state index is 3.75. The molecule has 2 saturated carbocycles. The van der Waals surface area contributed by atoms with Crippen LogP contribution in [0.5, 0.6) is 0 Å². The highest BCUT2D eigenvalue weighted by Crippen LogP contribution is 2.29. The van der Waals surface area contributed by atoms with E-state index < -0.39 is 0 Å². The van der Waals surface area contributed by atoms with E-state index in [1.165, 1.54) is 64.6 Å². The summed E-state index contributed by atoms with van der Waals surface area (Å²) in [5.74, 6) is 1.04. The molecule has 1 N–H and O–H groups in total. The molecule has 0 amide bonds. The van der Waals surface area contributed by atoms with Crippen LogP contribution in [0.4, 0.5) is 0 Å². The van der Waals surface area contributed by atoms with Gasteiger partial charge in [-0.1, -0.05) is 6.42 Å². The molecular formula is C13H24N2. The maximum absolute atomic E-state index is 3.75. The third-order valence-electron chi connectivity index (χ3n) is 4.51. The number of piperidine rings is 1. The number of hydrogen-bond donors (Lipinski definition) is 1. The number of nitrogens with one attached hydrogen (secondary N) is 1. The summed E-state index contributed by atoms with van der Waals surface area (Å²) < 4.78 is 0. The minimum atomic E-state index is 0.835. The summed E-state index contributed by atoms with van der Waals surface area (Å²) in [4.78, 5) is 2.73. The molecule has 0 aromatic heterocycles. The van der Waals surface area contributed by atoms with Gasteiger partial charge in [-0.05, 0) is 64.1 Å². The van der Waals surface area contributed by atoms with E-state index in [1.54, 1.807) is 0 Å². The van der Waals surface area contributed by atoms with Gasteiger partial charge in [0, 0.05) is 12.1 Å². The number of likely N-dealkylation sites (tertiary alicyclic amines) is 1. The first kappa shape index (κ1) is 10.1. The van der Waals surface area contributed by atoms with Crippen molar-refractivity contribution in [2.75, 3.05) is 19.6 Å². The summed E-state index contributed by atoms with van der Waals surface area (Å²) in [6.07, 6.45) is 10.2. The van der Waals surface area contributed by atoms with Gasteiger partial charge in [0.1, 0.15) is 0 Å². The van der Waals surface area contributed by atoms with Gasteiger partial charge in [0.25, 0.3) is 0 Å². The molecule has 3 rings (SSSR count). The normalized spacial score (nSPS) is 30.4. The average molecular weight is 208 g/mol. The first-order chi connectivity index (χ1) is 7.42. The zero-order valence-corrected chi connectivity index (χ0v) is 9.75. The quantitative estimate of drug-likeness (QED) is 0.760. The monoisotopic (exact) mass is 208 g/mol. The van der Waals surface area contributed by atoms with Gasteiger partial charge in [-0.2, -0.15) is 0 Å². The maximum Gasteiger partial charge on any atom is 0.00952 e. The van der Waals surface area contributed by atoms with E-state index >= 15 is 0 Å². The summed E-state index contributed by atoms with van der Waals surface area (Å²) >= 11 is 0. The van der Waals surface area contributed by atoms with Crippen LogP contribution in [-0.2, 0) is 0 Å². The lowest BCUT2D eigenvalue weighted by molar-refractivity contribution is 0.0923. The highest BCUT2D eigenvalue weighted by Gasteiger charge is 2.29. The number of hydrogen-bond acceptors (Lipinski definition) is 2. The van der Waals surface area contributed by atoms with Crippen LogP contribution in [0.1, 0.15) is 44.9 Å². The Labute approximate surface area is 93.4 Å². The lowest BCUT2D eigenvalue weighted by Crippen LogP contribution is -2.49. The molecule has 0 aromatic rings. The molecule has 1 saturated heterocycles. The lowest BCUT2D eigenvalue weighted by atomic mass is 9.89. The molecule has 0 aromatic carbocycles. The van der Waals surface area contributed by atoms with Crippen molar-refractivity contribution in [1.82, 2.24) is 10.2 Å². The standard InChI is InChI=1S/C13H24N2/c1-2-13(3-1)15-8-6-12(7-9-15)14-10-11-4-5-11/h11-14H,1-10H2. The van der Waals surface area contributed by atoms with Gasteiger partial charge in [0.2, 0.25) is 0 Å². The first-order valence-electron chi connectivity index (χ1n) is 6.89. The summed E-state index contributed by atoms with van der Waals surface area (Å²) in [6.45, 7) is 4.01. The fraction of sp³-hybridized carbons (Fsp3) is 1.00. The van der Waals surface area contributed by atoms with Crippen LogP contribution >= 0.6 is 0 Å². The first-order valence-corrected chi connectivity index (χ1v) is 6.89. The van der Waals surface area contributed by atoms with Crippen molar-refractivity contribution in [2.45, 2.75) is 57.0 Å². The minimum absolute atomic E-state index is 0.835. The van der Waals surface area contributed by atoms with Gasteiger partial charge in [0.15, 0.2) is 0 Å². The molecule has 0 radical (unpaired) electrons. The molecule has 2 heteroatoms. The molecule has 0 atom stereocenters. The Balaban J connectivity index is 1.35. The van der Waals surface area contributed by atoms with E-state index in [-0.39, 0.29) is 0 Å². The van der Waals surface area contributed by atoms with Gasteiger partial charge >= 0.3 is 0 Å². The Bertz CT molecular complexity index is 201. The van der Waals surface area contributed by atoms with Gasteiger partial charge in [-0.25, -0.2) is 0 Å². The molecule has 15 heavy (non-hydrogen) atoms. The smallest absolute Gasteiger partial charge is 0.00952 e. The molecule has 0 spiro atoms. The van der Waals surface area contributed by atoms with E-state index in [9.17, 15) is 0 Å².